The van der Waals surface area contributed by atoms with Crippen LogP contribution >= 0.6 is 0 Å². The van der Waals surface area contributed by atoms with Crippen LogP contribution in [0.5, 0.6) is 17.2 Å². The fourth-order valence-corrected chi connectivity index (χ4v) is 4.11. The second-order valence-electron chi connectivity index (χ2n) is 8.05. The Balaban J connectivity index is 1.77. The van der Waals surface area contributed by atoms with Crippen LogP contribution < -0.4 is 9.47 Å². The van der Waals surface area contributed by atoms with Gasteiger partial charge in [0.05, 0.1) is 18.7 Å². The SMILES string of the molecule is COCCCN1C(=O)C(=O)C(=C(O)c2ccc(OC)cc2)C1c1cccc(Oc2ccccc2)c1. The van der Waals surface area contributed by atoms with Crippen LogP contribution in [-0.4, -0.2) is 49.1 Å². The molecule has 1 atom stereocenters. The van der Waals surface area contributed by atoms with Gasteiger partial charge in [0.15, 0.2) is 0 Å². The maximum Gasteiger partial charge on any atom is 0.295 e. The number of aliphatic hydroxyl groups is 1. The van der Waals surface area contributed by atoms with Crippen molar-refractivity contribution in [3.8, 4) is 17.2 Å². The van der Waals surface area contributed by atoms with Crippen LogP contribution in [0.3, 0.4) is 0 Å². The summed E-state index contributed by atoms with van der Waals surface area (Å²) in [6, 6.07) is 22.4. The van der Waals surface area contributed by atoms with E-state index in [4.69, 9.17) is 14.2 Å². The Hall–Kier alpha value is -4.10. The molecule has 3 aromatic rings. The molecule has 0 radical (unpaired) electrons. The van der Waals surface area contributed by atoms with E-state index in [2.05, 4.69) is 0 Å². The van der Waals surface area contributed by atoms with E-state index < -0.39 is 17.7 Å². The van der Waals surface area contributed by atoms with E-state index in [0.29, 0.717) is 47.9 Å². The van der Waals surface area contributed by atoms with Crippen molar-refractivity contribution in [2.24, 2.45) is 0 Å². The standard InChI is InChI=1S/C28H27NO6/c1-33-17-7-16-29-25(20-8-6-11-23(18-20)35-22-9-4-3-5-10-22)24(27(31)28(29)32)26(30)19-12-14-21(34-2)15-13-19/h3-6,8-15,18,25,30H,7,16-17H2,1-2H3. The lowest BCUT2D eigenvalue weighted by molar-refractivity contribution is -0.140. The molecule has 1 fully saturated rings. The predicted octanol–water partition coefficient (Wildman–Crippen LogP) is 4.95. The topological polar surface area (TPSA) is 85.3 Å². The highest BCUT2D eigenvalue weighted by atomic mass is 16.5. The number of hydrogen-bond donors (Lipinski definition) is 1. The van der Waals surface area contributed by atoms with Crippen molar-refractivity contribution in [2.75, 3.05) is 27.4 Å². The monoisotopic (exact) mass is 473 g/mol. The molecule has 1 amide bonds. The van der Waals surface area contributed by atoms with Gasteiger partial charge >= 0.3 is 0 Å². The minimum Gasteiger partial charge on any atom is -0.507 e. The third-order valence-electron chi connectivity index (χ3n) is 5.80. The van der Waals surface area contributed by atoms with E-state index in [-0.39, 0.29) is 11.3 Å². The summed E-state index contributed by atoms with van der Waals surface area (Å²) in [6.07, 6.45) is 0.544. The average Bonchev–Trinajstić information content (AvgIpc) is 3.14. The van der Waals surface area contributed by atoms with E-state index in [1.165, 1.54) is 4.90 Å². The Labute approximate surface area is 204 Å². The number of ketones is 1. The summed E-state index contributed by atoms with van der Waals surface area (Å²) in [5.41, 5.74) is 1.11. The summed E-state index contributed by atoms with van der Waals surface area (Å²) in [5.74, 6) is 0.215. The molecule has 0 aliphatic carbocycles. The molecule has 7 heteroatoms. The summed E-state index contributed by atoms with van der Waals surface area (Å²) < 4.78 is 16.3. The number of rotatable bonds is 9. The first-order valence-electron chi connectivity index (χ1n) is 11.3. The Bertz CT molecular complexity index is 1220. The van der Waals surface area contributed by atoms with Crippen molar-refractivity contribution in [3.63, 3.8) is 0 Å². The number of carbonyl (C=O) groups is 2. The van der Waals surface area contributed by atoms with E-state index in [9.17, 15) is 14.7 Å². The van der Waals surface area contributed by atoms with Crippen molar-refractivity contribution in [2.45, 2.75) is 12.5 Å². The molecule has 180 valence electrons. The van der Waals surface area contributed by atoms with Gasteiger partial charge in [-0.3, -0.25) is 9.59 Å². The van der Waals surface area contributed by atoms with Crippen molar-refractivity contribution in [1.29, 1.82) is 0 Å². The fourth-order valence-electron chi connectivity index (χ4n) is 4.11. The number of hydrogen-bond acceptors (Lipinski definition) is 6. The van der Waals surface area contributed by atoms with Crippen LogP contribution in [0.4, 0.5) is 0 Å². The molecule has 1 aliphatic heterocycles. The number of aliphatic hydroxyl groups excluding tert-OH is 1. The fraction of sp³-hybridized carbons (Fsp3) is 0.214. The number of carbonyl (C=O) groups excluding carboxylic acids is 2. The maximum absolute atomic E-state index is 13.1. The number of Topliss-reactive ketones (excluding diaryl/α,β-unsaturated/α-hetero) is 1. The van der Waals surface area contributed by atoms with Crippen molar-refractivity contribution in [3.05, 3.63) is 95.6 Å². The zero-order valence-electron chi connectivity index (χ0n) is 19.6. The van der Waals surface area contributed by atoms with Crippen LogP contribution in [0, 0.1) is 0 Å². The zero-order valence-corrected chi connectivity index (χ0v) is 19.6. The maximum atomic E-state index is 13.1. The van der Waals surface area contributed by atoms with E-state index >= 15 is 0 Å². The second-order valence-corrected chi connectivity index (χ2v) is 8.05. The third kappa shape index (κ3) is 5.20. The number of amides is 1. The van der Waals surface area contributed by atoms with Gasteiger partial charge in [0, 0.05) is 25.8 Å². The lowest BCUT2D eigenvalue weighted by Gasteiger charge is -2.25. The first kappa shape index (κ1) is 24.0. The molecule has 1 aliphatic rings. The predicted molar refractivity (Wildman–Crippen MR) is 131 cm³/mol. The van der Waals surface area contributed by atoms with Gasteiger partial charge in [0.25, 0.3) is 11.7 Å². The number of para-hydroxylation sites is 1. The highest BCUT2D eigenvalue weighted by molar-refractivity contribution is 6.46. The number of likely N-dealkylation sites (tertiary alicyclic amines) is 1. The average molecular weight is 474 g/mol. The number of ether oxygens (including phenoxy) is 3. The third-order valence-corrected chi connectivity index (χ3v) is 5.80. The summed E-state index contributed by atoms with van der Waals surface area (Å²) >= 11 is 0. The molecule has 0 bridgehead atoms. The van der Waals surface area contributed by atoms with Gasteiger partial charge in [-0.2, -0.15) is 0 Å². The molecule has 7 nitrogen and oxygen atoms in total. The van der Waals surface area contributed by atoms with Crippen molar-refractivity contribution < 1.29 is 28.9 Å². The van der Waals surface area contributed by atoms with Crippen LogP contribution in [0.15, 0.2) is 84.4 Å². The van der Waals surface area contributed by atoms with Crippen molar-refractivity contribution >= 4 is 17.4 Å². The minimum atomic E-state index is -0.770. The lowest BCUT2D eigenvalue weighted by Crippen LogP contribution is -2.31. The van der Waals surface area contributed by atoms with Crippen molar-refractivity contribution in [1.82, 2.24) is 4.90 Å². The summed E-state index contributed by atoms with van der Waals surface area (Å²) in [4.78, 5) is 27.7. The smallest absolute Gasteiger partial charge is 0.295 e. The highest BCUT2D eigenvalue weighted by Gasteiger charge is 2.45. The van der Waals surface area contributed by atoms with Gasteiger partial charge in [-0.15, -0.1) is 0 Å². The molecule has 0 spiro atoms. The zero-order chi connectivity index (χ0) is 24.8. The van der Waals surface area contributed by atoms with Gasteiger partial charge in [-0.1, -0.05) is 30.3 Å². The molecule has 0 saturated carbocycles. The second kappa shape index (κ2) is 10.9. The Kier molecular flexibility index (Phi) is 7.48. The summed E-state index contributed by atoms with van der Waals surface area (Å²) in [7, 11) is 3.13. The van der Waals surface area contributed by atoms with E-state index in [0.717, 1.165) is 0 Å². The van der Waals surface area contributed by atoms with Gasteiger partial charge in [-0.05, 0) is 60.5 Å². The number of methoxy groups -OCH3 is 2. The van der Waals surface area contributed by atoms with Crippen LogP contribution in [0.2, 0.25) is 0 Å². The Morgan fingerprint density at radius 3 is 2.29 bits per heavy atom. The minimum absolute atomic E-state index is 0.0365. The highest BCUT2D eigenvalue weighted by Crippen LogP contribution is 2.40. The largest absolute Gasteiger partial charge is 0.507 e. The summed E-state index contributed by atoms with van der Waals surface area (Å²) in [5, 5.41) is 11.2. The summed E-state index contributed by atoms with van der Waals surface area (Å²) in [6.45, 7) is 0.734. The van der Waals surface area contributed by atoms with Gasteiger partial charge in [0.2, 0.25) is 0 Å². The van der Waals surface area contributed by atoms with Gasteiger partial charge in [0.1, 0.15) is 23.0 Å². The molecular formula is C28H27NO6. The van der Waals surface area contributed by atoms with Gasteiger partial charge in [-0.25, -0.2) is 0 Å². The van der Waals surface area contributed by atoms with Crippen LogP contribution in [-0.2, 0) is 14.3 Å². The molecule has 1 N–H and O–H groups in total. The Morgan fingerprint density at radius 2 is 1.60 bits per heavy atom. The molecule has 3 aromatic carbocycles. The molecule has 0 aromatic heterocycles. The lowest BCUT2D eigenvalue weighted by atomic mass is 9.95. The first-order chi connectivity index (χ1) is 17.0. The van der Waals surface area contributed by atoms with Crippen LogP contribution in [0.25, 0.3) is 5.76 Å². The number of benzene rings is 3. The molecule has 35 heavy (non-hydrogen) atoms. The quantitative estimate of drug-likeness (QED) is 0.205. The van der Waals surface area contributed by atoms with Crippen LogP contribution in [0.1, 0.15) is 23.6 Å². The molecule has 4 rings (SSSR count). The van der Waals surface area contributed by atoms with Gasteiger partial charge < -0.3 is 24.2 Å². The first-order valence-corrected chi connectivity index (χ1v) is 11.3. The molecule has 1 heterocycles. The molecule has 1 saturated heterocycles. The molecule has 1 unspecified atom stereocenters. The van der Waals surface area contributed by atoms with E-state index in [1.54, 1.807) is 56.7 Å². The normalized spacial score (nSPS) is 17.0. The van der Waals surface area contributed by atoms with E-state index in [1.807, 2.05) is 36.4 Å². The number of nitrogens with zero attached hydrogens (tertiary/aromatic N) is 1. The Morgan fingerprint density at radius 1 is 0.886 bits per heavy atom. The molecular weight excluding hydrogens is 446 g/mol.